The Bertz CT molecular complexity index is 433. The lowest BCUT2D eigenvalue weighted by Crippen LogP contribution is -2.43. The van der Waals surface area contributed by atoms with Gasteiger partial charge in [-0.3, -0.25) is 0 Å². The van der Waals surface area contributed by atoms with Gasteiger partial charge in [0.2, 0.25) is 0 Å². The number of hydrogen-bond donors (Lipinski definition) is 2. The van der Waals surface area contributed by atoms with E-state index in [2.05, 4.69) is 10.3 Å². The Labute approximate surface area is 111 Å². The molecule has 5 nitrogen and oxygen atoms in total. The molecule has 0 spiro atoms. The summed E-state index contributed by atoms with van der Waals surface area (Å²) in [5, 5.41) is 13.1. The first-order valence-electron chi connectivity index (χ1n) is 6.20. The van der Waals surface area contributed by atoms with Crippen LogP contribution < -0.4 is 5.32 Å². The summed E-state index contributed by atoms with van der Waals surface area (Å²) in [6.07, 6.45) is 1.86. The number of likely N-dealkylation sites (tertiary alicyclic amines) is 1. The highest BCUT2D eigenvalue weighted by Gasteiger charge is 2.27. The van der Waals surface area contributed by atoms with E-state index in [1.165, 1.54) is 0 Å². The van der Waals surface area contributed by atoms with Crippen molar-refractivity contribution in [2.75, 3.05) is 13.2 Å². The van der Waals surface area contributed by atoms with Gasteiger partial charge in [0.1, 0.15) is 0 Å². The number of thiazole rings is 1. The van der Waals surface area contributed by atoms with Crippen LogP contribution in [-0.4, -0.2) is 40.2 Å². The van der Waals surface area contributed by atoms with Gasteiger partial charge in [-0.2, -0.15) is 0 Å². The molecule has 0 aromatic carbocycles. The summed E-state index contributed by atoms with van der Waals surface area (Å²) in [7, 11) is 0. The fraction of sp³-hybridized carbons (Fsp3) is 0.667. The predicted octanol–water partition coefficient (Wildman–Crippen LogP) is 1.43. The second kappa shape index (κ2) is 5.67. The molecule has 0 saturated carbocycles. The van der Waals surface area contributed by atoms with E-state index in [0.29, 0.717) is 6.54 Å². The second-order valence-electron chi connectivity index (χ2n) is 4.57. The molecule has 1 aromatic rings. The maximum absolute atomic E-state index is 12.0. The van der Waals surface area contributed by atoms with Crippen LogP contribution in [0.15, 0.2) is 0 Å². The average Bonchev–Trinajstić information content (AvgIpc) is 2.92. The van der Waals surface area contributed by atoms with Gasteiger partial charge in [-0.25, -0.2) is 9.78 Å². The van der Waals surface area contributed by atoms with Gasteiger partial charge in [0.05, 0.1) is 29.9 Å². The first kappa shape index (κ1) is 13.3. The van der Waals surface area contributed by atoms with Gasteiger partial charge in [0, 0.05) is 11.4 Å². The van der Waals surface area contributed by atoms with Gasteiger partial charge in [0.15, 0.2) is 0 Å². The summed E-state index contributed by atoms with van der Waals surface area (Å²) in [6.45, 7) is 5.22. The van der Waals surface area contributed by atoms with Crippen LogP contribution in [0.1, 0.15) is 28.4 Å². The summed E-state index contributed by atoms with van der Waals surface area (Å²) < 4.78 is 0. The zero-order valence-electron chi connectivity index (χ0n) is 10.8. The first-order valence-corrected chi connectivity index (χ1v) is 7.01. The molecule has 1 atom stereocenters. The third-order valence-corrected chi connectivity index (χ3v) is 4.32. The van der Waals surface area contributed by atoms with Crippen molar-refractivity contribution in [3.63, 3.8) is 0 Å². The number of nitrogens with zero attached hydrogens (tertiary/aromatic N) is 2. The van der Waals surface area contributed by atoms with Crippen LogP contribution in [0.5, 0.6) is 0 Å². The molecule has 2 N–H and O–H groups in total. The van der Waals surface area contributed by atoms with E-state index in [9.17, 15) is 9.90 Å². The fourth-order valence-corrected chi connectivity index (χ4v) is 3.16. The molecule has 0 aliphatic carbocycles. The maximum atomic E-state index is 12.0. The number of aliphatic hydroxyl groups excluding tert-OH is 1. The molecule has 100 valence electrons. The van der Waals surface area contributed by atoms with Crippen molar-refractivity contribution in [2.45, 2.75) is 39.3 Å². The lowest BCUT2D eigenvalue weighted by molar-refractivity contribution is 0.157. The number of carbonyl (C=O) groups excluding carboxylic acids is 1. The van der Waals surface area contributed by atoms with Crippen molar-refractivity contribution < 1.29 is 9.90 Å². The van der Waals surface area contributed by atoms with Crippen molar-refractivity contribution in [1.29, 1.82) is 0 Å². The van der Waals surface area contributed by atoms with E-state index >= 15 is 0 Å². The highest BCUT2D eigenvalue weighted by Crippen LogP contribution is 2.18. The van der Waals surface area contributed by atoms with Crippen molar-refractivity contribution in [2.24, 2.45) is 0 Å². The minimum atomic E-state index is -0.0861. The zero-order valence-corrected chi connectivity index (χ0v) is 11.6. The molecule has 2 amide bonds. The normalized spacial score (nSPS) is 19.3. The third kappa shape index (κ3) is 2.81. The lowest BCUT2D eigenvalue weighted by atomic mass is 10.2. The Morgan fingerprint density at radius 3 is 3.00 bits per heavy atom. The van der Waals surface area contributed by atoms with Gasteiger partial charge in [0.25, 0.3) is 0 Å². The van der Waals surface area contributed by atoms with E-state index in [0.717, 1.165) is 35.0 Å². The first-order chi connectivity index (χ1) is 8.61. The van der Waals surface area contributed by atoms with Crippen LogP contribution in [0.3, 0.4) is 0 Å². The minimum absolute atomic E-state index is 0.0192. The predicted molar refractivity (Wildman–Crippen MR) is 70.6 cm³/mol. The van der Waals surface area contributed by atoms with Crippen LogP contribution in [0.25, 0.3) is 0 Å². The monoisotopic (exact) mass is 269 g/mol. The molecule has 1 fully saturated rings. The van der Waals surface area contributed by atoms with Crippen LogP contribution in [0, 0.1) is 13.8 Å². The number of aliphatic hydroxyl groups is 1. The van der Waals surface area contributed by atoms with Gasteiger partial charge >= 0.3 is 6.03 Å². The SMILES string of the molecule is Cc1nc(C)c(CNC(=O)N2CCC[C@@H]2CO)s1. The van der Waals surface area contributed by atoms with Crippen LogP contribution in [0.4, 0.5) is 4.79 Å². The van der Waals surface area contributed by atoms with Crippen LogP contribution >= 0.6 is 11.3 Å². The molecule has 1 aliphatic rings. The number of aromatic nitrogens is 1. The Hall–Kier alpha value is -1.14. The summed E-state index contributed by atoms with van der Waals surface area (Å²) in [4.78, 5) is 19.1. The molecule has 0 unspecified atom stereocenters. The highest BCUT2D eigenvalue weighted by atomic mass is 32.1. The number of rotatable bonds is 3. The molecular formula is C12H19N3O2S. The van der Waals surface area contributed by atoms with E-state index in [1.807, 2.05) is 13.8 Å². The lowest BCUT2D eigenvalue weighted by Gasteiger charge is -2.23. The van der Waals surface area contributed by atoms with E-state index in [1.54, 1.807) is 16.2 Å². The molecule has 1 aliphatic heterocycles. The molecule has 1 saturated heterocycles. The molecular weight excluding hydrogens is 250 g/mol. The topological polar surface area (TPSA) is 65.5 Å². The van der Waals surface area contributed by atoms with Crippen molar-refractivity contribution in [1.82, 2.24) is 15.2 Å². The Morgan fingerprint density at radius 2 is 2.39 bits per heavy atom. The smallest absolute Gasteiger partial charge is 0.318 e. The standard InChI is InChI=1S/C12H19N3O2S/c1-8-11(18-9(2)14-8)6-13-12(17)15-5-3-4-10(15)7-16/h10,16H,3-7H2,1-2H3,(H,13,17)/t10-/m1/s1. The largest absolute Gasteiger partial charge is 0.394 e. The zero-order chi connectivity index (χ0) is 13.1. The summed E-state index contributed by atoms with van der Waals surface area (Å²) in [5.74, 6) is 0. The number of hydrogen-bond acceptors (Lipinski definition) is 4. The summed E-state index contributed by atoms with van der Waals surface area (Å²) >= 11 is 1.61. The Balaban J connectivity index is 1.90. The molecule has 2 heterocycles. The van der Waals surface area contributed by atoms with Gasteiger partial charge in [-0.15, -0.1) is 11.3 Å². The van der Waals surface area contributed by atoms with Crippen molar-refractivity contribution in [3.8, 4) is 0 Å². The van der Waals surface area contributed by atoms with Crippen LogP contribution in [-0.2, 0) is 6.54 Å². The molecule has 18 heavy (non-hydrogen) atoms. The number of nitrogens with one attached hydrogen (secondary N) is 1. The minimum Gasteiger partial charge on any atom is -0.394 e. The highest BCUT2D eigenvalue weighted by molar-refractivity contribution is 7.11. The van der Waals surface area contributed by atoms with E-state index in [4.69, 9.17) is 0 Å². The Kier molecular flexibility index (Phi) is 4.19. The fourth-order valence-electron chi connectivity index (χ4n) is 2.29. The van der Waals surface area contributed by atoms with Gasteiger partial charge in [-0.1, -0.05) is 0 Å². The average molecular weight is 269 g/mol. The summed E-state index contributed by atoms with van der Waals surface area (Å²) in [5.41, 5.74) is 0.984. The van der Waals surface area contributed by atoms with Crippen molar-refractivity contribution >= 4 is 17.4 Å². The second-order valence-corrected chi connectivity index (χ2v) is 5.86. The maximum Gasteiger partial charge on any atom is 0.318 e. The molecule has 2 rings (SSSR count). The van der Waals surface area contributed by atoms with E-state index < -0.39 is 0 Å². The van der Waals surface area contributed by atoms with Gasteiger partial charge < -0.3 is 15.3 Å². The van der Waals surface area contributed by atoms with Gasteiger partial charge in [-0.05, 0) is 26.7 Å². The van der Waals surface area contributed by atoms with Crippen LogP contribution in [0.2, 0.25) is 0 Å². The quantitative estimate of drug-likeness (QED) is 0.872. The van der Waals surface area contributed by atoms with Crippen molar-refractivity contribution in [3.05, 3.63) is 15.6 Å². The molecule has 6 heteroatoms. The number of carbonyl (C=O) groups is 1. The molecule has 0 bridgehead atoms. The number of urea groups is 1. The van der Waals surface area contributed by atoms with E-state index in [-0.39, 0.29) is 18.7 Å². The third-order valence-electron chi connectivity index (χ3n) is 3.25. The Morgan fingerprint density at radius 1 is 1.61 bits per heavy atom. The molecule has 0 radical (unpaired) electrons. The summed E-state index contributed by atoms with van der Waals surface area (Å²) in [6, 6.07) is -0.105. The number of amides is 2. The molecule has 1 aromatic heterocycles. The number of aryl methyl sites for hydroxylation is 2.